The molecule has 9 heavy (non-hydrogen) atoms. The Morgan fingerprint density at radius 3 is 2.44 bits per heavy atom. The van der Waals surface area contributed by atoms with Crippen LogP contribution in [0.15, 0.2) is 0 Å². The molecule has 0 bridgehead atoms. The zero-order chi connectivity index (χ0) is 6.85. The molecule has 0 spiro atoms. The highest BCUT2D eigenvalue weighted by molar-refractivity contribution is 5.24. The largest absolute Gasteiger partial charge is 0.382 e. The van der Waals surface area contributed by atoms with Gasteiger partial charge in [0.05, 0.1) is 11.4 Å². The van der Waals surface area contributed by atoms with Crippen molar-refractivity contribution in [3.05, 3.63) is 17.6 Å². The first-order valence-corrected chi connectivity index (χ1v) is 2.68. The van der Waals surface area contributed by atoms with Gasteiger partial charge in [-0.2, -0.15) is 0 Å². The number of hydrogen-bond donors (Lipinski definition) is 1. The highest BCUT2D eigenvalue weighted by Gasteiger charge is 1.93. The fourth-order valence-electron chi connectivity index (χ4n) is 0.509. The van der Waals surface area contributed by atoms with Crippen molar-refractivity contribution < 1.29 is 0 Å². The molecule has 1 aromatic rings. The average molecular weight is 122 g/mol. The molecule has 0 fully saturated rings. The second kappa shape index (κ2) is 2.01. The molecule has 0 aliphatic carbocycles. The maximum atomic E-state index is 5.30. The Morgan fingerprint density at radius 2 is 2.00 bits per heavy atom. The van der Waals surface area contributed by atoms with Gasteiger partial charge in [0.2, 0.25) is 0 Å². The summed E-state index contributed by atoms with van der Waals surface area (Å²) < 4.78 is 0. The summed E-state index contributed by atoms with van der Waals surface area (Å²) in [5, 5.41) is 0. The van der Waals surface area contributed by atoms with E-state index in [0.717, 1.165) is 11.4 Å². The standard InChI is InChI=1S/C6H8N3/c1-4-5(2)9-6(7)3-8-4/h1-2H3,(H2,7,9). The van der Waals surface area contributed by atoms with Gasteiger partial charge < -0.3 is 5.73 Å². The average Bonchev–Trinajstić information content (AvgIpc) is 1.80. The SMILES string of the molecule is Cc1n[c]c(N)nc1C. The fourth-order valence-corrected chi connectivity index (χ4v) is 0.509. The number of aromatic nitrogens is 2. The van der Waals surface area contributed by atoms with Gasteiger partial charge >= 0.3 is 0 Å². The lowest BCUT2D eigenvalue weighted by molar-refractivity contribution is 1.05. The van der Waals surface area contributed by atoms with Crippen molar-refractivity contribution in [3.8, 4) is 0 Å². The summed E-state index contributed by atoms with van der Waals surface area (Å²) in [7, 11) is 0. The zero-order valence-electron chi connectivity index (χ0n) is 5.47. The first kappa shape index (κ1) is 6.01. The van der Waals surface area contributed by atoms with E-state index in [1.54, 1.807) is 0 Å². The fraction of sp³-hybridized carbons (Fsp3) is 0.333. The van der Waals surface area contributed by atoms with E-state index < -0.39 is 0 Å². The number of aryl methyl sites for hydroxylation is 2. The van der Waals surface area contributed by atoms with E-state index in [9.17, 15) is 0 Å². The van der Waals surface area contributed by atoms with Crippen molar-refractivity contribution in [1.82, 2.24) is 9.97 Å². The van der Waals surface area contributed by atoms with E-state index in [1.807, 2.05) is 13.8 Å². The minimum atomic E-state index is 0.359. The van der Waals surface area contributed by atoms with Crippen LogP contribution in [0.5, 0.6) is 0 Å². The first-order valence-electron chi connectivity index (χ1n) is 2.68. The van der Waals surface area contributed by atoms with E-state index in [-0.39, 0.29) is 0 Å². The molecular formula is C6H8N3. The molecule has 1 aromatic heterocycles. The summed E-state index contributed by atoms with van der Waals surface area (Å²) in [6, 6.07) is 0. The maximum absolute atomic E-state index is 5.30. The Balaban J connectivity index is 3.17. The predicted octanol–water partition coefficient (Wildman–Crippen LogP) is 0.476. The van der Waals surface area contributed by atoms with Gasteiger partial charge in [0, 0.05) is 0 Å². The van der Waals surface area contributed by atoms with Crippen LogP contribution in [0.25, 0.3) is 0 Å². The second-order valence-corrected chi connectivity index (χ2v) is 1.89. The minimum Gasteiger partial charge on any atom is -0.382 e. The van der Waals surface area contributed by atoms with Crippen LogP contribution in [0.2, 0.25) is 0 Å². The highest BCUT2D eigenvalue weighted by atomic mass is 14.9. The van der Waals surface area contributed by atoms with E-state index >= 15 is 0 Å². The van der Waals surface area contributed by atoms with Crippen LogP contribution in [0.3, 0.4) is 0 Å². The lowest BCUT2D eigenvalue weighted by Crippen LogP contribution is -1.96. The van der Waals surface area contributed by atoms with E-state index in [1.165, 1.54) is 0 Å². The Labute approximate surface area is 53.9 Å². The summed E-state index contributed by atoms with van der Waals surface area (Å²) in [6.07, 6.45) is 2.56. The third kappa shape index (κ3) is 1.16. The van der Waals surface area contributed by atoms with Gasteiger partial charge in [-0.1, -0.05) is 0 Å². The Morgan fingerprint density at radius 1 is 1.33 bits per heavy atom. The highest BCUT2D eigenvalue weighted by Crippen LogP contribution is 1.99. The van der Waals surface area contributed by atoms with Gasteiger partial charge in [-0.15, -0.1) is 0 Å². The topological polar surface area (TPSA) is 51.8 Å². The summed E-state index contributed by atoms with van der Waals surface area (Å²) in [4.78, 5) is 7.80. The molecule has 1 radical (unpaired) electrons. The molecule has 0 amide bonds. The van der Waals surface area contributed by atoms with Crippen LogP contribution >= 0.6 is 0 Å². The van der Waals surface area contributed by atoms with E-state index in [0.29, 0.717) is 5.82 Å². The molecule has 2 N–H and O–H groups in total. The molecule has 0 unspecified atom stereocenters. The normalized spacial score (nSPS) is 9.56. The molecule has 0 aromatic carbocycles. The lowest BCUT2D eigenvalue weighted by atomic mass is 10.3. The van der Waals surface area contributed by atoms with Crippen LogP contribution in [0.1, 0.15) is 11.4 Å². The van der Waals surface area contributed by atoms with E-state index in [4.69, 9.17) is 5.73 Å². The number of anilines is 1. The summed E-state index contributed by atoms with van der Waals surface area (Å²) >= 11 is 0. The minimum absolute atomic E-state index is 0.359. The molecule has 3 heteroatoms. The number of nitrogen functional groups attached to an aromatic ring is 1. The van der Waals surface area contributed by atoms with Gasteiger partial charge in [-0.3, -0.25) is 0 Å². The van der Waals surface area contributed by atoms with Crippen molar-refractivity contribution >= 4 is 5.82 Å². The second-order valence-electron chi connectivity index (χ2n) is 1.89. The smallest absolute Gasteiger partial charge is 0.152 e. The molecule has 1 rings (SSSR count). The van der Waals surface area contributed by atoms with Gasteiger partial charge in [-0.25, -0.2) is 9.97 Å². The molecule has 0 aliphatic rings. The molecular weight excluding hydrogens is 114 g/mol. The quantitative estimate of drug-likeness (QED) is 0.544. The number of rotatable bonds is 0. The van der Waals surface area contributed by atoms with Crippen LogP contribution in [0.4, 0.5) is 5.82 Å². The van der Waals surface area contributed by atoms with Crippen LogP contribution in [-0.4, -0.2) is 9.97 Å². The van der Waals surface area contributed by atoms with Crippen LogP contribution in [0, 0.1) is 20.0 Å². The Kier molecular flexibility index (Phi) is 1.34. The van der Waals surface area contributed by atoms with Crippen molar-refractivity contribution in [1.29, 1.82) is 0 Å². The van der Waals surface area contributed by atoms with Crippen molar-refractivity contribution in [2.45, 2.75) is 13.8 Å². The van der Waals surface area contributed by atoms with Crippen LogP contribution < -0.4 is 5.73 Å². The van der Waals surface area contributed by atoms with Crippen molar-refractivity contribution in [3.63, 3.8) is 0 Å². The third-order valence-electron chi connectivity index (χ3n) is 1.15. The molecule has 3 nitrogen and oxygen atoms in total. The number of nitrogens with zero attached hydrogens (tertiary/aromatic N) is 2. The summed E-state index contributed by atoms with van der Waals surface area (Å²) in [6.45, 7) is 3.74. The first-order chi connectivity index (χ1) is 4.20. The van der Waals surface area contributed by atoms with Crippen molar-refractivity contribution in [2.75, 3.05) is 5.73 Å². The van der Waals surface area contributed by atoms with Gasteiger partial charge in [0.15, 0.2) is 5.82 Å². The third-order valence-corrected chi connectivity index (χ3v) is 1.15. The van der Waals surface area contributed by atoms with Gasteiger partial charge in [0.25, 0.3) is 0 Å². The maximum Gasteiger partial charge on any atom is 0.152 e. The lowest BCUT2D eigenvalue weighted by Gasteiger charge is -1.95. The predicted molar refractivity (Wildman–Crippen MR) is 34.8 cm³/mol. The zero-order valence-corrected chi connectivity index (χ0v) is 5.47. The monoisotopic (exact) mass is 122 g/mol. The Bertz CT molecular complexity index is 220. The molecule has 0 saturated heterocycles. The number of nitrogens with two attached hydrogens (primary N) is 1. The van der Waals surface area contributed by atoms with Crippen LogP contribution in [-0.2, 0) is 0 Å². The summed E-state index contributed by atoms with van der Waals surface area (Å²) in [5.74, 6) is 0.359. The molecule has 47 valence electrons. The van der Waals surface area contributed by atoms with E-state index in [2.05, 4.69) is 16.2 Å². The number of hydrogen-bond acceptors (Lipinski definition) is 3. The Hall–Kier alpha value is -1.12. The molecule has 1 heterocycles. The molecule has 0 aliphatic heterocycles. The summed E-state index contributed by atoms with van der Waals surface area (Å²) in [5.41, 5.74) is 7.04. The molecule has 0 saturated carbocycles. The van der Waals surface area contributed by atoms with Crippen molar-refractivity contribution in [2.24, 2.45) is 0 Å². The van der Waals surface area contributed by atoms with Gasteiger partial charge in [-0.05, 0) is 13.8 Å². The van der Waals surface area contributed by atoms with Gasteiger partial charge in [0.1, 0.15) is 6.20 Å². The molecule has 0 atom stereocenters.